The topological polar surface area (TPSA) is 78.9 Å². The van der Waals surface area contributed by atoms with E-state index in [2.05, 4.69) is 11.2 Å². The maximum atomic E-state index is 9.00. The summed E-state index contributed by atoms with van der Waals surface area (Å²) < 4.78 is 1.88. The Morgan fingerprint density at radius 2 is 2.22 bits per heavy atom. The molecule has 0 unspecified atom stereocenters. The zero-order chi connectivity index (χ0) is 14.0. The third kappa shape index (κ3) is 6.92. The van der Waals surface area contributed by atoms with E-state index in [9.17, 15) is 0 Å². The summed E-state index contributed by atoms with van der Waals surface area (Å²) >= 11 is 5.60. The van der Waals surface area contributed by atoms with Crippen molar-refractivity contribution < 1.29 is 9.90 Å². The lowest BCUT2D eigenvalue weighted by Gasteiger charge is -2.02. The van der Waals surface area contributed by atoms with Crippen LogP contribution in [0.15, 0.2) is 6.07 Å². The zero-order valence-electron chi connectivity index (χ0n) is 10.7. The summed E-state index contributed by atoms with van der Waals surface area (Å²) in [7, 11) is 0. The number of unbranched alkanes of at least 4 members (excludes halogenated alkanes) is 1. The van der Waals surface area contributed by atoms with E-state index >= 15 is 0 Å². The minimum absolute atomic E-state index is 0.507. The van der Waals surface area contributed by atoms with Crippen molar-refractivity contribution in [3.05, 3.63) is 17.5 Å². The summed E-state index contributed by atoms with van der Waals surface area (Å²) in [4.78, 5) is 9.00. The quantitative estimate of drug-likeness (QED) is 0.659. The average molecular weight is 272 g/mol. The molecule has 1 heterocycles. The van der Waals surface area contributed by atoms with Crippen molar-refractivity contribution in [3.63, 3.8) is 0 Å². The number of carboxylic acid groups (broad SMARTS) is 1. The summed E-state index contributed by atoms with van der Waals surface area (Å²) in [5, 5.41) is 20.3. The minimum atomic E-state index is -0.833. The number of aliphatic carboxylic acids is 1. The summed E-state index contributed by atoms with van der Waals surface area (Å²) in [6, 6.07) is 3.91. The highest BCUT2D eigenvalue weighted by atomic mass is 35.5. The van der Waals surface area contributed by atoms with Gasteiger partial charge in [0, 0.05) is 25.0 Å². The van der Waals surface area contributed by atoms with Crippen LogP contribution in [0.25, 0.3) is 0 Å². The van der Waals surface area contributed by atoms with Gasteiger partial charge in [-0.05, 0) is 32.3 Å². The molecule has 0 atom stereocenters. The molecule has 5 nitrogen and oxygen atoms in total. The van der Waals surface area contributed by atoms with Crippen LogP contribution in [-0.2, 0) is 17.8 Å². The van der Waals surface area contributed by atoms with Crippen LogP contribution >= 0.6 is 11.6 Å². The molecule has 0 bridgehead atoms. The fourth-order valence-corrected chi connectivity index (χ4v) is 1.57. The standard InChI is InChI=1S/C10H14ClN3.C2H4O2/c1-2-14-10(5-3-4-6-11)7-9(8-12)13-14;1-2(3)4/h7H,2-6H2,1H3;1H3,(H,3,4). The van der Waals surface area contributed by atoms with Crippen molar-refractivity contribution in [1.29, 1.82) is 5.26 Å². The van der Waals surface area contributed by atoms with Gasteiger partial charge in [0.25, 0.3) is 5.97 Å². The number of carboxylic acids is 1. The molecule has 0 fully saturated rings. The van der Waals surface area contributed by atoms with Crippen LogP contribution in [0, 0.1) is 11.3 Å². The second kappa shape index (κ2) is 9.49. The van der Waals surface area contributed by atoms with Crippen molar-refractivity contribution in [2.45, 2.75) is 39.7 Å². The first-order chi connectivity index (χ1) is 8.54. The lowest BCUT2D eigenvalue weighted by atomic mass is 10.2. The molecule has 0 saturated carbocycles. The monoisotopic (exact) mass is 271 g/mol. The Kier molecular flexibility index (Phi) is 8.67. The van der Waals surface area contributed by atoms with E-state index < -0.39 is 5.97 Å². The maximum Gasteiger partial charge on any atom is 0.300 e. The van der Waals surface area contributed by atoms with Gasteiger partial charge in [-0.1, -0.05) is 0 Å². The molecular weight excluding hydrogens is 254 g/mol. The summed E-state index contributed by atoms with van der Waals surface area (Å²) in [6.07, 6.45) is 3.02. The lowest BCUT2D eigenvalue weighted by molar-refractivity contribution is -0.134. The molecule has 1 N–H and O–H groups in total. The molecule has 0 aliphatic carbocycles. The summed E-state index contributed by atoms with van der Waals surface area (Å²) in [5.41, 5.74) is 1.64. The molecular formula is C12H18ClN3O2. The maximum absolute atomic E-state index is 9.00. The van der Waals surface area contributed by atoms with Crippen LogP contribution in [0.3, 0.4) is 0 Å². The molecule has 0 saturated heterocycles. The van der Waals surface area contributed by atoms with Crippen LogP contribution < -0.4 is 0 Å². The van der Waals surface area contributed by atoms with Crippen molar-refractivity contribution in [2.24, 2.45) is 0 Å². The first-order valence-corrected chi connectivity index (χ1v) is 6.30. The Morgan fingerprint density at radius 1 is 1.61 bits per heavy atom. The zero-order valence-corrected chi connectivity index (χ0v) is 11.4. The van der Waals surface area contributed by atoms with Gasteiger partial charge < -0.3 is 5.11 Å². The van der Waals surface area contributed by atoms with Gasteiger partial charge in [0.1, 0.15) is 6.07 Å². The van der Waals surface area contributed by atoms with Crippen molar-refractivity contribution >= 4 is 17.6 Å². The van der Waals surface area contributed by atoms with E-state index in [1.54, 1.807) is 0 Å². The fourth-order valence-electron chi connectivity index (χ4n) is 1.39. The number of nitriles is 1. The highest BCUT2D eigenvalue weighted by Gasteiger charge is 2.05. The normalized spacial score (nSPS) is 9.22. The SMILES string of the molecule is CC(=O)O.CCn1nc(C#N)cc1CCCCCl. The Bertz CT molecular complexity index is 406. The largest absolute Gasteiger partial charge is 0.481 e. The Labute approximate surface area is 112 Å². The molecule has 1 rings (SSSR count). The molecule has 0 aliphatic heterocycles. The summed E-state index contributed by atoms with van der Waals surface area (Å²) in [6.45, 7) is 3.93. The number of aromatic nitrogens is 2. The third-order valence-electron chi connectivity index (χ3n) is 2.09. The smallest absolute Gasteiger partial charge is 0.300 e. The Morgan fingerprint density at radius 3 is 2.67 bits per heavy atom. The fraction of sp³-hybridized carbons (Fsp3) is 0.583. The second-order valence-electron chi connectivity index (χ2n) is 3.61. The molecule has 0 amide bonds. The van der Waals surface area contributed by atoms with E-state index in [0.29, 0.717) is 11.6 Å². The molecule has 6 heteroatoms. The molecule has 0 aromatic carbocycles. The molecule has 0 aliphatic rings. The average Bonchev–Trinajstić information content (AvgIpc) is 2.71. The Balaban J connectivity index is 0.000000631. The number of alkyl halides is 1. The first kappa shape index (κ1) is 16.5. The first-order valence-electron chi connectivity index (χ1n) is 5.77. The van der Waals surface area contributed by atoms with Gasteiger partial charge in [0.05, 0.1) is 0 Å². The van der Waals surface area contributed by atoms with E-state index in [-0.39, 0.29) is 0 Å². The molecule has 1 aromatic heterocycles. The van der Waals surface area contributed by atoms with Gasteiger partial charge in [-0.15, -0.1) is 11.6 Å². The van der Waals surface area contributed by atoms with Crippen molar-refractivity contribution in [3.8, 4) is 6.07 Å². The number of carbonyl (C=O) groups is 1. The Hall–Kier alpha value is -1.54. The van der Waals surface area contributed by atoms with Gasteiger partial charge in [-0.2, -0.15) is 10.4 Å². The molecule has 0 spiro atoms. The molecule has 0 radical (unpaired) electrons. The number of rotatable bonds is 5. The number of hydrogen-bond donors (Lipinski definition) is 1. The lowest BCUT2D eigenvalue weighted by Crippen LogP contribution is -2.02. The number of nitrogens with zero attached hydrogens (tertiary/aromatic N) is 3. The van der Waals surface area contributed by atoms with Crippen LogP contribution in [-0.4, -0.2) is 26.7 Å². The minimum Gasteiger partial charge on any atom is -0.481 e. The van der Waals surface area contributed by atoms with Gasteiger partial charge in [-0.25, -0.2) is 0 Å². The van der Waals surface area contributed by atoms with Gasteiger partial charge in [0.2, 0.25) is 0 Å². The predicted molar refractivity (Wildman–Crippen MR) is 69.6 cm³/mol. The highest BCUT2D eigenvalue weighted by Crippen LogP contribution is 2.08. The number of halogens is 1. The van der Waals surface area contributed by atoms with Gasteiger partial charge in [-0.3, -0.25) is 9.48 Å². The predicted octanol–water partition coefficient (Wildman–Crippen LogP) is 2.43. The van der Waals surface area contributed by atoms with E-state index in [0.717, 1.165) is 38.4 Å². The van der Waals surface area contributed by atoms with Crippen LogP contribution in [0.2, 0.25) is 0 Å². The number of aryl methyl sites for hydroxylation is 2. The van der Waals surface area contributed by atoms with Crippen LogP contribution in [0.1, 0.15) is 38.1 Å². The molecule has 18 heavy (non-hydrogen) atoms. The second-order valence-corrected chi connectivity index (χ2v) is 3.99. The van der Waals surface area contributed by atoms with Crippen LogP contribution in [0.5, 0.6) is 0 Å². The molecule has 100 valence electrons. The van der Waals surface area contributed by atoms with Gasteiger partial charge >= 0.3 is 0 Å². The summed E-state index contributed by atoms with van der Waals surface area (Å²) in [5.74, 6) is -0.134. The number of hydrogen-bond acceptors (Lipinski definition) is 3. The highest BCUT2D eigenvalue weighted by molar-refractivity contribution is 6.17. The van der Waals surface area contributed by atoms with Crippen molar-refractivity contribution in [1.82, 2.24) is 9.78 Å². The van der Waals surface area contributed by atoms with E-state index in [1.807, 2.05) is 17.7 Å². The molecule has 1 aromatic rings. The third-order valence-corrected chi connectivity index (χ3v) is 2.36. The van der Waals surface area contributed by atoms with Crippen LogP contribution in [0.4, 0.5) is 0 Å². The van der Waals surface area contributed by atoms with E-state index in [4.69, 9.17) is 26.8 Å². The van der Waals surface area contributed by atoms with Gasteiger partial charge in [0.15, 0.2) is 5.69 Å². The van der Waals surface area contributed by atoms with Crippen molar-refractivity contribution in [2.75, 3.05) is 5.88 Å². The van der Waals surface area contributed by atoms with E-state index in [1.165, 1.54) is 0 Å².